The number of fused-ring (bicyclic) bond motifs is 1. The summed E-state index contributed by atoms with van der Waals surface area (Å²) in [5.41, 5.74) is 4.09. The summed E-state index contributed by atoms with van der Waals surface area (Å²) >= 11 is 0. The van der Waals surface area contributed by atoms with Crippen LogP contribution in [0.2, 0.25) is 0 Å². The molecule has 0 unspecified atom stereocenters. The molecule has 3 aromatic carbocycles. The number of carbonyl (C=O) groups excluding carboxylic acids is 1. The van der Waals surface area contributed by atoms with Crippen LogP contribution in [0.15, 0.2) is 71.8 Å². The molecule has 0 heterocycles. The minimum absolute atomic E-state index is 0.226. The van der Waals surface area contributed by atoms with Gasteiger partial charge in [-0.1, -0.05) is 43.3 Å². The predicted octanol–water partition coefficient (Wildman–Crippen LogP) is 4.39. The first kappa shape index (κ1) is 16.7. The van der Waals surface area contributed by atoms with Gasteiger partial charge in [-0.15, -0.1) is 0 Å². The van der Waals surface area contributed by atoms with Crippen LogP contribution >= 0.6 is 0 Å². The van der Waals surface area contributed by atoms with E-state index < -0.39 is 0 Å². The fraction of sp³-hybridized carbons (Fsp3) is 0.143. The summed E-state index contributed by atoms with van der Waals surface area (Å²) in [5.74, 6) is 0.606. The Kier molecular flexibility index (Phi) is 5.42. The van der Waals surface area contributed by atoms with Crippen molar-refractivity contribution in [1.82, 2.24) is 5.43 Å². The Morgan fingerprint density at radius 2 is 1.80 bits per heavy atom. The van der Waals surface area contributed by atoms with Crippen LogP contribution in [0.25, 0.3) is 10.8 Å². The zero-order chi connectivity index (χ0) is 17.5. The van der Waals surface area contributed by atoms with E-state index in [0.29, 0.717) is 12.2 Å². The van der Waals surface area contributed by atoms with Gasteiger partial charge in [0.25, 0.3) is 5.91 Å². The molecule has 4 nitrogen and oxygen atoms in total. The van der Waals surface area contributed by atoms with Gasteiger partial charge in [-0.2, -0.15) is 5.10 Å². The number of carbonyl (C=O) groups is 1. The maximum atomic E-state index is 12.4. The lowest BCUT2D eigenvalue weighted by atomic mass is 10.0. The van der Waals surface area contributed by atoms with Gasteiger partial charge in [0.15, 0.2) is 0 Å². The molecule has 1 amide bonds. The highest BCUT2D eigenvalue weighted by Gasteiger charge is 2.08. The Morgan fingerprint density at radius 3 is 2.60 bits per heavy atom. The second kappa shape index (κ2) is 8.11. The highest BCUT2D eigenvalue weighted by atomic mass is 16.5. The number of rotatable bonds is 6. The van der Waals surface area contributed by atoms with Crippen molar-refractivity contribution in [3.05, 3.63) is 77.9 Å². The van der Waals surface area contributed by atoms with Gasteiger partial charge in [-0.05, 0) is 53.1 Å². The van der Waals surface area contributed by atoms with Crippen molar-refractivity contribution < 1.29 is 9.53 Å². The normalized spacial score (nSPS) is 10.9. The van der Waals surface area contributed by atoms with Gasteiger partial charge in [-0.25, -0.2) is 5.43 Å². The zero-order valence-corrected chi connectivity index (χ0v) is 14.1. The molecule has 0 atom stereocenters. The molecule has 0 saturated carbocycles. The van der Waals surface area contributed by atoms with E-state index in [9.17, 15) is 4.79 Å². The second-order valence-electron chi connectivity index (χ2n) is 5.64. The fourth-order valence-corrected chi connectivity index (χ4v) is 2.52. The molecule has 25 heavy (non-hydrogen) atoms. The standard InChI is InChI=1S/C21H20N2O2/c1-2-14-25-18-12-10-16(11-13-18)15-22-23-21(24)20-9-5-7-17-6-3-4-8-19(17)20/h3-13,15H,2,14H2,1H3,(H,23,24). The van der Waals surface area contributed by atoms with Gasteiger partial charge in [0.1, 0.15) is 5.75 Å². The molecule has 0 fully saturated rings. The molecule has 1 N–H and O–H groups in total. The highest BCUT2D eigenvalue weighted by Crippen LogP contribution is 2.18. The molecule has 0 aliphatic heterocycles. The van der Waals surface area contributed by atoms with Crippen molar-refractivity contribution in [1.29, 1.82) is 0 Å². The Labute approximate surface area is 147 Å². The number of ether oxygens (including phenoxy) is 1. The number of nitrogens with zero attached hydrogens (tertiary/aromatic N) is 1. The Bertz CT molecular complexity index is 881. The van der Waals surface area contributed by atoms with Crippen LogP contribution < -0.4 is 10.2 Å². The summed E-state index contributed by atoms with van der Waals surface area (Å²) in [4.78, 5) is 12.4. The van der Waals surface area contributed by atoms with Gasteiger partial charge < -0.3 is 4.74 Å². The molecular weight excluding hydrogens is 312 g/mol. The minimum Gasteiger partial charge on any atom is -0.494 e. The molecule has 3 aromatic rings. The molecule has 0 aliphatic carbocycles. The molecule has 0 saturated heterocycles. The van der Waals surface area contributed by atoms with Gasteiger partial charge in [-0.3, -0.25) is 4.79 Å². The molecule has 0 aliphatic rings. The SMILES string of the molecule is CCCOc1ccc(C=NNC(=O)c2cccc3ccccc23)cc1. The highest BCUT2D eigenvalue weighted by molar-refractivity contribution is 6.07. The third-order valence-electron chi connectivity index (χ3n) is 3.77. The number of amides is 1. The van der Waals surface area contributed by atoms with E-state index in [2.05, 4.69) is 17.5 Å². The Balaban J connectivity index is 1.66. The third-order valence-corrected chi connectivity index (χ3v) is 3.77. The average Bonchev–Trinajstić information content (AvgIpc) is 2.67. The Morgan fingerprint density at radius 1 is 1.04 bits per heavy atom. The van der Waals surface area contributed by atoms with Crippen LogP contribution in [0.3, 0.4) is 0 Å². The molecule has 4 heteroatoms. The summed E-state index contributed by atoms with van der Waals surface area (Å²) in [5, 5.41) is 5.99. The van der Waals surface area contributed by atoms with Crippen LogP contribution in [-0.2, 0) is 0 Å². The van der Waals surface area contributed by atoms with E-state index in [1.54, 1.807) is 12.3 Å². The van der Waals surface area contributed by atoms with Crippen molar-refractivity contribution >= 4 is 22.9 Å². The van der Waals surface area contributed by atoms with Gasteiger partial charge in [0.05, 0.1) is 12.8 Å². The van der Waals surface area contributed by atoms with E-state index in [1.165, 1.54) is 0 Å². The summed E-state index contributed by atoms with van der Waals surface area (Å²) < 4.78 is 5.54. The van der Waals surface area contributed by atoms with E-state index in [4.69, 9.17) is 4.74 Å². The molecule has 0 bridgehead atoms. The van der Waals surface area contributed by atoms with Gasteiger partial charge in [0, 0.05) is 5.56 Å². The van der Waals surface area contributed by atoms with Gasteiger partial charge >= 0.3 is 0 Å². The first-order chi connectivity index (χ1) is 12.3. The van der Waals surface area contributed by atoms with E-state index >= 15 is 0 Å². The molecule has 0 radical (unpaired) electrons. The average molecular weight is 332 g/mol. The topological polar surface area (TPSA) is 50.7 Å². The predicted molar refractivity (Wildman–Crippen MR) is 101 cm³/mol. The smallest absolute Gasteiger partial charge is 0.271 e. The van der Waals surface area contributed by atoms with Crippen molar-refractivity contribution in [2.24, 2.45) is 5.10 Å². The van der Waals surface area contributed by atoms with Crippen LogP contribution in [0.4, 0.5) is 0 Å². The Hall–Kier alpha value is -3.14. The molecule has 126 valence electrons. The second-order valence-corrected chi connectivity index (χ2v) is 5.64. The number of hydrogen-bond acceptors (Lipinski definition) is 3. The van der Waals surface area contributed by atoms with Crippen LogP contribution in [-0.4, -0.2) is 18.7 Å². The van der Waals surface area contributed by atoms with Crippen LogP contribution in [0.1, 0.15) is 29.3 Å². The van der Waals surface area contributed by atoms with Crippen LogP contribution in [0.5, 0.6) is 5.75 Å². The molecular formula is C21H20N2O2. The van der Waals surface area contributed by atoms with Crippen molar-refractivity contribution in [3.63, 3.8) is 0 Å². The van der Waals surface area contributed by atoms with E-state index in [1.807, 2.05) is 60.7 Å². The number of hydrogen-bond donors (Lipinski definition) is 1. The summed E-state index contributed by atoms with van der Waals surface area (Å²) in [6.45, 7) is 2.77. The van der Waals surface area contributed by atoms with E-state index in [0.717, 1.165) is 28.5 Å². The fourth-order valence-electron chi connectivity index (χ4n) is 2.52. The lowest BCUT2D eigenvalue weighted by Gasteiger charge is -2.05. The monoisotopic (exact) mass is 332 g/mol. The molecule has 0 aromatic heterocycles. The van der Waals surface area contributed by atoms with Crippen molar-refractivity contribution in [2.75, 3.05) is 6.61 Å². The maximum absolute atomic E-state index is 12.4. The van der Waals surface area contributed by atoms with Crippen molar-refractivity contribution in [3.8, 4) is 5.75 Å². The van der Waals surface area contributed by atoms with Gasteiger partial charge in [0.2, 0.25) is 0 Å². The first-order valence-electron chi connectivity index (χ1n) is 8.32. The lowest BCUT2D eigenvalue weighted by Crippen LogP contribution is -2.17. The third kappa shape index (κ3) is 4.23. The zero-order valence-electron chi connectivity index (χ0n) is 14.1. The van der Waals surface area contributed by atoms with Crippen molar-refractivity contribution in [2.45, 2.75) is 13.3 Å². The lowest BCUT2D eigenvalue weighted by molar-refractivity contribution is 0.0957. The largest absolute Gasteiger partial charge is 0.494 e. The number of hydrazone groups is 1. The summed E-state index contributed by atoms with van der Waals surface area (Å²) in [7, 11) is 0. The quantitative estimate of drug-likeness (QED) is 0.537. The number of nitrogens with one attached hydrogen (secondary N) is 1. The minimum atomic E-state index is -0.226. The number of benzene rings is 3. The molecule has 3 rings (SSSR count). The van der Waals surface area contributed by atoms with Crippen LogP contribution in [0, 0.1) is 0 Å². The first-order valence-corrected chi connectivity index (χ1v) is 8.32. The summed E-state index contributed by atoms with van der Waals surface area (Å²) in [6.07, 6.45) is 2.59. The summed E-state index contributed by atoms with van der Waals surface area (Å²) in [6, 6.07) is 21.0. The maximum Gasteiger partial charge on any atom is 0.271 e. The van der Waals surface area contributed by atoms with E-state index in [-0.39, 0.29) is 5.91 Å². The molecule has 0 spiro atoms.